The van der Waals surface area contributed by atoms with Crippen LogP contribution < -0.4 is 0 Å². The molecule has 0 aromatic heterocycles. The van der Waals surface area contributed by atoms with E-state index in [-0.39, 0.29) is 22.9 Å². The summed E-state index contributed by atoms with van der Waals surface area (Å²) in [6.45, 7) is 5.64. The van der Waals surface area contributed by atoms with Crippen LogP contribution in [0.4, 0.5) is 0 Å². The Kier molecular flexibility index (Phi) is 4.52. The van der Waals surface area contributed by atoms with Crippen molar-refractivity contribution in [3.05, 3.63) is 63.7 Å². The number of hydrogen-bond donors (Lipinski definition) is 2. The molecule has 0 heterocycles. The molecule has 0 aliphatic rings. The van der Waals surface area contributed by atoms with E-state index in [1.807, 2.05) is 39.0 Å². The summed E-state index contributed by atoms with van der Waals surface area (Å²) < 4.78 is 0. The lowest BCUT2D eigenvalue weighted by Gasteiger charge is -2.10. The Bertz CT molecular complexity index is 834. The molecule has 23 heavy (non-hydrogen) atoms. The number of carbonyl (C=O) groups excluding carboxylic acids is 1. The highest BCUT2D eigenvalue weighted by Gasteiger charge is 2.17. The molecule has 0 saturated carbocycles. The van der Waals surface area contributed by atoms with Gasteiger partial charge in [-0.05, 0) is 55.7 Å². The molecule has 4 nitrogen and oxygen atoms in total. The third-order valence-corrected chi connectivity index (χ3v) is 3.58. The minimum Gasteiger partial charge on any atom is -0.504 e. The molecule has 2 aromatic rings. The molecule has 4 heteroatoms. The summed E-state index contributed by atoms with van der Waals surface area (Å²) >= 11 is 0. The Labute approximate surface area is 134 Å². The Morgan fingerprint density at radius 3 is 2.17 bits per heavy atom. The number of rotatable bonds is 3. The Balaban J connectivity index is 2.49. The number of nitriles is 1. The second kappa shape index (κ2) is 6.37. The number of Topliss-reactive ketones (excluding diaryl/α,β-unsaturated/α-hetero) is 1. The summed E-state index contributed by atoms with van der Waals surface area (Å²) in [7, 11) is 0. The molecule has 0 amide bonds. The topological polar surface area (TPSA) is 81.3 Å². The zero-order valence-electron chi connectivity index (χ0n) is 13.2. The summed E-state index contributed by atoms with van der Waals surface area (Å²) in [4.78, 5) is 12.7. The SMILES string of the molecule is Cc1cc(C)c(C(=O)/C(C#N)=C\c2ccc(O)c(O)c2)c(C)c1. The Morgan fingerprint density at radius 2 is 1.65 bits per heavy atom. The fourth-order valence-corrected chi connectivity index (χ4v) is 2.62. The normalized spacial score (nSPS) is 11.1. The van der Waals surface area contributed by atoms with Crippen LogP contribution in [0.15, 0.2) is 35.9 Å². The Morgan fingerprint density at radius 1 is 1.04 bits per heavy atom. The van der Waals surface area contributed by atoms with Crippen LogP contribution in [-0.2, 0) is 0 Å². The van der Waals surface area contributed by atoms with Gasteiger partial charge in [0.25, 0.3) is 0 Å². The first-order valence-corrected chi connectivity index (χ1v) is 7.10. The minimum absolute atomic E-state index is 0.0230. The smallest absolute Gasteiger partial charge is 0.204 e. The molecule has 0 aliphatic carbocycles. The molecule has 0 atom stereocenters. The molecule has 0 saturated heterocycles. The van der Waals surface area contributed by atoms with Crippen LogP contribution in [0, 0.1) is 32.1 Å². The first-order valence-electron chi connectivity index (χ1n) is 7.10. The van der Waals surface area contributed by atoms with Gasteiger partial charge in [-0.25, -0.2) is 0 Å². The van der Waals surface area contributed by atoms with Crippen molar-refractivity contribution in [3.8, 4) is 17.6 Å². The molecule has 0 spiro atoms. The van der Waals surface area contributed by atoms with E-state index in [0.29, 0.717) is 11.1 Å². The molecular weight excluding hydrogens is 290 g/mol. The predicted octanol–water partition coefficient (Wildman–Crippen LogP) is 3.81. The van der Waals surface area contributed by atoms with Crippen LogP contribution in [0.5, 0.6) is 11.5 Å². The van der Waals surface area contributed by atoms with E-state index in [1.165, 1.54) is 24.3 Å². The lowest BCUT2D eigenvalue weighted by Crippen LogP contribution is -2.07. The fourth-order valence-electron chi connectivity index (χ4n) is 2.62. The van der Waals surface area contributed by atoms with E-state index in [0.717, 1.165) is 16.7 Å². The van der Waals surface area contributed by atoms with Gasteiger partial charge in [0.15, 0.2) is 11.5 Å². The number of phenols is 2. The van der Waals surface area contributed by atoms with Gasteiger partial charge < -0.3 is 10.2 Å². The van der Waals surface area contributed by atoms with E-state index in [2.05, 4.69) is 0 Å². The van der Waals surface area contributed by atoms with Crippen molar-refractivity contribution in [3.63, 3.8) is 0 Å². The number of carbonyl (C=O) groups is 1. The second-order valence-electron chi connectivity index (χ2n) is 5.52. The van der Waals surface area contributed by atoms with Gasteiger partial charge in [-0.1, -0.05) is 23.8 Å². The first kappa shape index (κ1) is 16.3. The van der Waals surface area contributed by atoms with E-state index < -0.39 is 0 Å². The number of ketones is 1. The molecule has 0 fully saturated rings. The van der Waals surface area contributed by atoms with Gasteiger partial charge in [-0.15, -0.1) is 0 Å². The van der Waals surface area contributed by atoms with Crippen LogP contribution >= 0.6 is 0 Å². The van der Waals surface area contributed by atoms with Gasteiger partial charge >= 0.3 is 0 Å². The number of hydrogen-bond acceptors (Lipinski definition) is 4. The first-order chi connectivity index (χ1) is 10.8. The number of aromatic hydroxyl groups is 2. The summed E-state index contributed by atoms with van der Waals surface area (Å²) in [5.74, 6) is -0.904. The number of nitrogens with zero attached hydrogens (tertiary/aromatic N) is 1. The molecule has 0 radical (unpaired) electrons. The van der Waals surface area contributed by atoms with Crippen molar-refractivity contribution in [2.45, 2.75) is 20.8 Å². The monoisotopic (exact) mass is 307 g/mol. The van der Waals surface area contributed by atoms with Gasteiger partial charge in [0.2, 0.25) is 5.78 Å². The molecule has 2 N–H and O–H groups in total. The van der Waals surface area contributed by atoms with Gasteiger partial charge in [0, 0.05) is 5.56 Å². The summed E-state index contributed by atoms with van der Waals surface area (Å²) in [6, 6.07) is 9.86. The highest BCUT2D eigenvalue weighted by atomic mass is 16.3. The molecular formula is C19H17NO3. The van der Waals surface area contributed by atoms with Crippen LogP contribution in [0.3, 0.4) is 0 Å². The third-order valence-electron chi connectivity index (χ3n) is 3.58. The number of allylic oxidation sites excluding steroid dienone is 1. The van der Waals surface area contributed by atoms with E-state index in [9.17, 15) is 20.3 Å². The van der Waals surface area contributed by atoms with Crippen molar-refractivity contribution in [1.82, 2.24) is 0 Å². The molecule has 2 aromatic carbocycles. The van der Waals surface area contributed by atoms with Crippen molar-refractivity contribution in [1.29, 1.82) is 5.26 Å². The molecule has 0 unspecified atom stereocenters. The molecule has 0 aliphatic heterocycles. The van der Waals surface area contributed by atoms with Crippen LogP contribution in [0.1, 0.15) is 32.6 Å². The van der Waals surface area contributed by atoms with Gasteiger partial charge in [0.05, 0.1) is 0 Å². The average Bonchev–Trinajstić information content (AvgIpc) is 2.47. The highest BCUT2D eigenvalue weighted by molar-refractivity contribution is 6.15. The van der Waals surface area contributed by atoms with Gasteiger partial charge in [0.1, 0.15) is 11.6 Å². The fraction of sp³-hybridized carbons (Fsp3) is 0.158. The van der Waals surface area contributed by atoms with Crippen molar-refractivity contribution < 1.29 is 15.0 Å². The summed E-state index contributed by atoms with van der Waals surface area (Å²) in [5.41, 5.74) is 3.66. The van der Waals surface area contributed by atoms with Crippen LogP contribution in [-0.4, -0.2) is 16.0 Å². The van der Waals surface area contributed by atoms with E-state index in [1.54, 1.807) is 0 Å². The van der Waals surface area contributed by atoms with Gasteiger partial charge in [-0.2, -0.15) is 5.26 Å². The van der Waals surface area contributed by atoms with Crippen molar-refractivity contribution in [2.24, 2.45) is 0 Å². The van der Waals surface area contributed by atoms with Crippen molar-refractivity contribution in [2.75, 3.05) is 0 Å². The Hall–Kier alpha value is -3.06. The van der Waals surface area contributed by atoms with Crippen LogP contribution in [0.2, 0.25) is 0 Å². The quantitative estimate of drug-likeness (QED) is 0.391. The number of benzene rings is 2. The zero-order valence-corrected chi connectivity index (χ0v) is 13.2. The standard InChI is InChI=1S/C19H17NO3/c1-11-6-12(2)18(13(3)7-11)19(23)15(10-20)8-14-4-5-16(21)17(22)9-14/h4-9,21-22H,1-3H3/b15-8-. The number of phenolic OH excluding ortho intramolecular Hbond substituents is 2. The predicted molar refractivity (Wildman–Crippen MR) is 88.3 cm³/mol. The van der Waals surface area contributed by atoms with E-state index in [4.69, 9.17) is 0 Å². The lowest BCUT2D eigenvalue weighted by atomic mass is 9.92. The zero-order chi connectivity index (χ0) is 17.1. The largest absolute Gasteiger partial charge is 0.504 e. The maximum absolute atomic E-state index is 12.7. The molecule has 0 bridgehead atoms. The van der Waals surface area contributed by atoms with E-state index >= 15 is 0 Å². The summed E-state index contributed by atoms with van der Waals surface area (Å²) in [5, 5.41) is 28.2. The average molecular weight is 307 g/mol. The number of aryl methyl sites for hydroxylation is 3. The maximum Gasteiger partial charge on any atom is 0.204 e. The minimum atomic E-state index is -0.352. The van der Waals surface area contributed by atoms with Gasteiger partial charge in [-0.3, -0.25) is 4.79 Å². The maximum atomic E-state index is 12.7. The van der Waals surface area contributed by atoms with Crippen LogP contribution in [0.25, 0.3) is 6.08 Å². The highest BCUT2D eigenvalue weighted by Crippen LogP contribution is 2.27. The molecule has 116 valence electrons. The third kappa shape index (κ3) is 3.41. The van der Waals surface area contributed by atoms with Crippen molar-refractivity contribution >= 4 is 11.9 Å². The molecule has 2 rings (SSSR count). The lowest BCUT2D eigenvalue weighted by molar-refractivity contribution is 0.103. The summed E-state index contributed by atoms with van der Waals surface area (Å²) in [6.07, 6.45) is 1.40. The second-order valence-corrected chi connectivity index (χ2v) is 5.52.